The zero-order valence-electron chi connectivity index (χ0n) is 16.6. The molecule has 8 heteroatoms. The number of morpholine rings is 1. The number of hydrogen-bond acceptors (Lipinski definition) is 4. The monoisotopic (exact) mass is 493 g/mol. The number of carbonyl (C=O) groups is 1. The van der Waals surface area contributed by atoms with Gasteiger partial charge in [-0.05, 0) is 26.2 Å². The third-order valence-corrected chi connectivity index (χ3v) is 5.70. The molecule has 2 saturated heterocycles. The van der Waals surface area contributed by atoms with Crippen molar-refractivity contribution in [2.75, 3.05) is 52.5 Å². The molecule has 1 atom stereocenters. The van der Waals surface area contributed by atoms with Gasteiger partial charge in [-0.15, -0.1) is 24.0 Å². The number of aliphatic imine (C=N–C) groups is 1. The first-order chi connectivity index (χ1) is 12.8. The lowest BCUT2D eigenvalue weighted by Crippen LogP contribution is -2.47. The van der Waals surface area contributed by atoms with Crippen molar-refractivity contribution in [2.45, 2.75) is 57.5 Å². The summed E-state index contributed by atoms with van der Waals surface area (Å²) in [6.07, 6.45) is 7.14. The normalized spacial score (nSPS) is 25.1. The van der Waals surface area contributed by atoms with Crippen LogP contribution in [0.2, 0.25) is 0 Å². The van der Waals surface area contributed by atoms with Gasteiger partial charge in [0.05, 0.1) is 13.2 Å². The Labute approximate surface area is 180 Å². The van der Waals surface area contributed by atoms with Crippen LogP contribution in [0.15, 0.2) is 4.99 Å². The van der Waals surface area contributed by atoms with E-state index in [1.807, 2.05) is 0 Å². The molecule has 1 amide bonds. The van der Waals surface area contributed by atoms with Crippen LogP contribution in [0.25, 0.3) is 0 Å². The maximum absolute atomic E-state index is 12.3. The summed E-state index contributed by atoms with van der Waals surface area (Å²) < 4.78 is 5.46. The fourth-order valence-electron chi connectivity index (χ4n) is 4.27. The number of hydrogen-bond donors (Lipinski definition) is 2. The Kier molecular flexibility index (Phi) is 10.1. The minimum atomic E-state index is 0. The largest absolute Gasteiger partial charge is 0.379 e. The lowest BCUT2D eigenvalue weighted by Gasteiger charge is -2.32. The van der Waals surface area contributed by atoms with Crippen molar-refractivity contribution in [1.82, 2.24) is 20.4 Å². The molecule has 1 unspecified atom stereocenters. The molecule has 2 N–H and O–H groups in total. The van der Waals surface area contributed by atoms with Gasteiger partial charge in [0.1, 0.15) is 6.54 Å². The van der Waals surface area contributed by atoms with Crippen molar-refractivity contribution in [3.05, 3.63) is 0 Å². The molecule has 0 aromatic heterocycles. The highest BCUT2D eigenvalue weighted by molar-refractivity contribution is 14.0. The first-order valence-corrected chi connectivity index (χ1v) is 10.4. The Hall–Kier alpha value is -0.610. The molecular weight excluding hydrogens is 457 g/mol. The van der Waals surface area contributed by atoms with E-state index in [1.165, 1.54) is 19.3 Å². The van der Waals surface area contributed by atoms with Crippen molar-refractivity contribution < 1.29 is 9.53 Å². The summed E-state index contributed by atoms with van der Waals surface area (Å²) in [5, 5.41) is 6.51. The van der Waals surface area contributed by atoms with E-state index in [1.54, 1.807) is 0 Å². The quantitative estimate of drug-likeness (QED) is 0.345. The van der Waals surface area contributed by atoms with Gasteiger partial charge in [-0.2, -0.15) is 0 Å². The summed E-state index contributed by atoms with van der Waals surface area (Å²) in [7, 11) is 0. The molecule has 156 valence electrons. The van der Waals surface area contributed by atoms with E-state index in [9.17, 15) is 4.79 Å². The Bertz CT molecular complexity index is 479. The topological polar surface area (TPSA) is 69.2 Å². The number of ether oxygens (including phenoxy) is 1. The number of amides is 1. The molecule has 3 rings (SSSR count). The first-order valence-electron chi connectivity index (χ1n) is 10.4. The van der Waals surface area contributed by atoms with Crippen molar-refractivity contribution in [3.63, 3.8) is 0 Å². The van der Waals surface area contributed by atoms with E-state index in [0.29, 0.717) is 12.1 Å². The molecule has 0 radical (unpaired) electrons. The Morgan fingerprint density at radius 3 is 2.56 bits per heavy atom. The van der Waals surface area contributed by atoms with E-state index >= 15 is 0 Å². The maximum Gasteiger partial charge on any atom is 0.242 e. The minimum absolute atomic E-state index is 0. The number of likely N-dealkylation sites (tertiary alicyclic amines) is 1. The standard InChI is InChI=1S/C19H35N5O2.HI/c1-2-20-19(21-14-18(25)22-16-6-4-3-5-7-16)24-9-8-17(15-24)23-10-12-26-13-11-23;/h16-17H,2-15H2,1H3,(H,20,21)(H,22,25);1H. The average Bonchev–Trinajstić information content (AvgIpc) is 3.17. The zero-order valence-corrected chi connectivity index (χ0v) is 19.0. The smallest absolute Gasteiger partial charge is 0.242 e. The van der Waals surface area contributed by atoms with Crippen LogP contribution >= 0.6 is 24.0 Å². The van der Waals surface area contributed by atoms with Crippen LogP contribution in [-0.2, 0) is 9.53 Å². The summed E-state index contributed by atoms with van der Waals surface area (Å²) in [4.78, 5) is 21.7. The van der Waals surface area contributed by atoms with Crippen molar-refractivity contribution in [3.8, 4) is 0 Å². The highest BCUT2D eigenvalue weighted by Crippen LogP contribution is 2.18. The van der Waals surface area contributed by atoms with Gasteiger partial charge in [0.15, 0.2) is 5.96 Å². The van der Waals surface area contributed by atoms with Crippen LogP contribution in [0.1, 0.15) is 45.4 Å². The third-order valence-electron chi connectivity index (χ3n) is 5.70. The minimum Gasteiger partial charge on any atom is -0.379 e. The van der Waals surface area contributed by atoms with E-state index < -0.39 is 0 Å². The molecule has 27 heavy (non-hydrogen) atoms. The zero-order chi connectivity index (χ0) is 18.2. The molecule has 0 aromatic carbocycles. The van der Waals surface area contributed by atoms with E-state index in [4.69, 9.17) is 4.74 Å². The fourth-order valence-corrected chi connectivity index (χ4v) is 4.27. The van der Waals surface area contributed by atoms with Gasteiger partial charge < -0.3 is 20.3 Å². The Morgan fingerprint density at radius 1 is 1.11 bits per heavy atom. The second-order valence-electron chi connectivity index (χ2n) is 7.61. The highest BCUT2D eigenvalue weighted by atomic mass is 127. The van der Waals surface area contributed by atoms with Crippen LogP contribution < -0.4 is 10.6 Å². The summed E-state index contributed by atoms with van der Waals surface area (Å²) in [5.74, 6) is 0.929. The highest BCUT2D eigenvalue weighted by Gasteiger charge is 2.30. The SMILES string of the molecule is CCNC(=NCC(=O)NC1CCCCC1)N1CCC(N2CCOCC2)C1.I. The van der Waals surface area contributed by atoms with Crippen molar-refractivity contribution in [2.24, 2.45) is 4.99 Å². The summed E-state index contributed by atoms with van der Waals surface area (Å²) in [6.45, 7) is 8.82. The maximum atomic E-state index is 12.3. The molecule has 0 aromatic rings. The molecule has 3 fully saturated rings. The summed E-state index contributed by atoms with van der Waals surface area (Å²) in [6, 6.07) is 0.922. The Balaban J connectivity index is 0.00000261. The first kappa shape index (κ1) is 22.7. The van der Waals surface area contributed by atoms with Crippen molar-refractivity contribution in [1.29, 1.82) is 0 Å². The lowest BCUT2D eigenvalue weighted by molar-refractivity contribution is -0.120. The van der Waals surface area contributed by atoms with Crippen LogP contribution in [0.5, 0.6) is 0 Å². The van der Waals surface area contributed by atoms with Gasteiger partial charge in [-0.3, -0.25) is 9.69 Å². The predicted molar refractivity (Wildman–Crippen MR) is 119 cm³/mol. The molecule has 1 saturated carbocycles. The third kappa shape index (κ3) is 7.05. The number of guanidine groups is 1. The van der Waals surface area contributed by atoms with Gasteiger partial charge >= 0.3 is 0 Å². The summed E-state index contributed by atoms with van der Waals surface area (Å²) >= 11 is 0. The van der Waals surface area contributed by atoms with Gasteiger partial charge in [0, 0.05) is 44.8 Å². The van der Waals surface area contributed by atoms with E-state index in [0.717, 1.165) is 71.2 Å². The molecule has 7 nitrogen and oxygen atoms in total. The van der Waals surface area contributed by atoms with Crippen LogP contribution in [-0.4, -0.2) is 86.2 Å². The van der Waals surface area contributed by atoms with Gasteiger partial charge in [-0.1, -0.05) is 19.3 Å². The van der Waals surface area contributed by atoms with Crippen LogP contribution in [0.4, 0.5) is 0 Å². The fraction of sp³-hybridized carbons (Fsp3) is 0.895. The lowest BCUT2D eigenvalue weighted by atomic mass is 9.95. The molecule has 0 spiro atoms. The Morgan fingerprint density at radius 2 is 1.85 bits per heavy atom. The predicted octanol–water partition coefficient (Wildman–Crippen LogP) is 1.43. The second kappa shape index (κ2) is 12.1. The average molecular weight is 493 g/mol. The molecule has 1 aliphatic carbocycles. The van der Waals surface area contributed by atoms with Crippen LogP contribution in [0.3, 0.4) is 0 Å². The molecule has 3 aliphatic rings. The van der Waals surface area contributed by atoms with Crippen LogP contribution in [0, 0.1) is 0 Å². The van der Waals surface area contributed by atoms with Gasteiger partial charge in [-0.25, -0.2) is 4.99 Å². The number of halogens is 1. The summed E-state index contributed by atoms with van der Waals surface area (Å²) in [5.41, 5.74) is 0. The van der Waals surface area contributed by atoms with E-state index in [2.05, 4.69) is 32.3 Å². The van der Waals surface area contributed by atoms with Crippen molar-refractivity contribution >= 4 is 35.8 Å². The molecule has 2 aliphatic heterocycles. The molecular formula is C19H36IN5O2. The number of carbonyl (C=O) groups excluding carboxylic acids is 1. The van der Waals surface area contributed by atoms with Gasteiger partial charge in [0.2, 0.25) is 5.91 Å². The number of nitrogens with zero attached hydrogens (tertiary/aromatic N) is 3. The molecule has 2 heterocycles. The number of rotatable bonds is 5. The van der Waals surface area contributed by atoms with Gasteiger partial charge in [0.25, 0.3) is 0 Å². The second-order valence-corrected chi connectivity index (χ2v) is 7.61. The van der Waals surface area contributed by atoms with E-state index in [-0.39, 0.29) is 36.4 Å². The number of nitrogens with one attached hydrogen (secondary N) is 2. The molecule has 0 bridgehead atoms.